The van der Waals surface area contributed by atoms with Crippen LogP contribution in [0, 0.1) is 0 Å². The fraction of sp³-hybridized carbons (Fsp3) is 0.480. The highest BCUT2D eigenvalue weighted by Gasteiger charge is 2.32. The van der Waals surface area contributed by atoms with E-state index < -0.39 is 5.60 Å². The molecule has 0 bridgehead atoms. The van der Waals surface area contributed by atoms with Gasteiger partial charge in [-0.1, -0.05) is 60.7 Å². The fourth-order valence-corrected chi connectivity index (χ4v) is 3.65. The summed E-state index contributed by atoms with van der Waals surface area (Å²) in [6.45, 7) is 9.61. The number of rotatable bonds is 10. The zero-order valence-electron chi connectivity index (χ0n) is 18.8. The fourth-order valence-electron chi connectivity index (χ4n) is 3.65. The van der Waals surface area contributed by atoms with Crippen LogP contribution in [0.2, 0.25) is 0 Å². The van der Waals surface area contributed by atoms with Crippen molar-refractivity contribution in [3.63, 3.8) is 0 Å². The molecule has 0 radical (unpaired) electrons. The van der Waals surface area contributed by atoms with E-state index in [2.05, 4.69) is 67.3 Å². The third-order valence-corrected chi connectivity index (χ3v) is 4.98. The van der Waals surface area contributed by atoms with E-state index in [0.29, 0.717) is 6.04 Å². The number of nitrogens with zero attached hydrogens (tertiary/aromatic N) is 2. The van der Waals surface area contributed by atoms with Gasteiger partial charge in [-0.3, -0.25) is 14.6 Å². The molecule has 0 aromatic heterocycles. The largest absolute Gasteiger partial charge is 0.459 e. The van der Waals surface area contributed by atoms with Crippen molar-refractivity contribution < 1.29 is 9.53 Å². The number of hydrogen-bond acceptors (Lipinski definition) is 4. The minimum Gasteiger partial charge on any atom is -0.459 e. The van der Waals surface area contributed by atoms with Crippen molar-refractivity contribution in [3.8, 4) is 0 Å². The van der Waals surface area contributed by atoms with Gasteiger partial charge < -0.3 is 4.74 Å². The predicted molar refractivity (Wildman–Crippen MR) is 120 cm³/mol. The number of hydrogen-bond donors (Lipinski definition) is 0. The van der Waals surface area contributed by atoms with Gasteiger partial charge in [-0.2, -0.15) is 0 Å². The molecule has 0 aliphatic carbocycles. The summed E-state index contributed by atoms with van der Waals surface area (Å²) in [7, 11) is 3.75. The van der Waals surface area contributed by atoms with Crippen molar-refractivity contribution >= 4 is 5.97 Å². The van der Waals surface area contributed by atoms with E-state index in [9.17, 15) is 4.79 Å². The summed E-state index contributed by atoms with van der Waals surface area (Å²) in [4.78, 5) is 16.6. The lowest BCUT2D eigenvalue weighted by Crippen LogP contribution is -2.41. The second-order valence-electron chi connectivity index (χ2n) is 8.85. The van der Waals surface area contributed by atoms with Crippen LogP contribution in [-0.2, 0) is 16.1 Å². The first-order valence-corrected chi connectivity index (χ1v) is 10.4. The molecule has 2 aromatic carbocycles. The maximum Gasteiger partial charge on any atom is 0.320 e. The molecule has 0 heterocycles. The molecule has 2 aromatic rings. The topological polar surface area (TPSA) is 32.8 Å². The van der Waals surface area contributed by atoms with Crippen molar-refractivity contribution in [2.24, 2.45) is 0 Å². The number of likely N-dealkylation sites (N-methyl/N-ethyl adjacent to an activating group) is 1. The van der Waals surface area contributed by atoms with Crippen LogP contribution in [-0.4, -0.2) is 48.1 Å². The van der Waals surface area contributed by atoms with E-state index in [0.717, 1.165) is 13.0 Å². The molecule has 0 N–H and O–H groups in total. The van der Waals surface area contributed by atoms with Crippen molar-refractivity contribution in [3.05, 3.63) is 71.8 Å². The van der Waals surface area contributed by atoms with Gasteiger partial charge in [0, 0.05) is 25.0 Å². The van der Waals surface area contributed by atoms with Gasteiger partial charge in [0.15, 0.2) is 0 Å². The van der Waals surface area contributed by atoms with Gasteiger partial charge in [-0.25, -0.2) is 0 Å². The summed E-state index contributed by atoms with van der Waals surface area (Å²) in [6.07, 6.45) is 0.723. The van der Waals surface area contributed by atoms with Crippen LogP contribution in [0.25, 0.3) is 0 Å². The van der Waals surface area contributed by atoms with E-state index >= 15 is 0 Å². The molecule has 29 heavy (non-hydrogen) atoms. The lowest BCUT2D eigenvalue weighted by atomic mass is 9.91. The molecule has 0 saturated carbocycles. The van der Waals surface area contributed by atoms with Crippen molar-refractivity contribution in [2.45, 2.75) is 58.3 Å². The number of ether oxygens (including phenoxy) is 1. The highest BCUT2D eigenvalue weighted by atomic mass is 16.6. The monoisotopic (exact) mass is 396 g/mol. The van der Waals surface area contributed by atoms with Crippen LogP contribution in [0.4, 0.5) is 0 Å². The summed E-state index contributed by atoms with van der Waals surface area (Å²) in [5, 5.41) is 0. The molecule has 4 heteroatoms. The summed E-state index contributed by atoms with van der Waals surface area (Å²) >= 11 is 0. The Hall–Kier alpha value is -2.17. The highest BCUT2D eigenvalue weighted by molar-refractivity contribution is 5.72. The molecular weight excluding hydrogens is 360 g/mol. The zero-order chi connectivity index (χ0) is 21.4. The Bertz CT molecular complexity index is 742. The zero-order valence-corrected chi connectivity index (χ0v) is 18.8. The SMILES string of the molecule is CC(C)N(Cc1ccccc1)C(CC(C)(C)OC(=O)CN(C)C)c1ccccc1. The van der Waals surface area contributed by atoms with Gasteiger partial charge in [-0.15, -0.1) is 0 Å². The Morgan fingerprint density at radius 3 is 2.03 bits per heavy atom. The summed E-state index contributed by atoms with van der Waals surface area (Å²) in [5.74, 6) is -0.189. The summed E-state index contributed by atoms with van der Waals surface area (Å²) in [6, 6.07) is 21.6. The average Bonchev–Trinajstić information content (AvgIpc) is 2.64. The van der Waals surface area contributed by atoms with Crippen molar-refractivity contribution in [1.29, 1.82) is 0 Å². The Morgan fingerprint density at radius 1 is 0.966 bits per heavy atom. The molecule has 158 valence electrons. The maximum atomic E-state index is 12.3. The lowest BCUT2D eigenvalue weighted by Gasteiger charge is -2.39. The third-order valence-electron chi connectivity index (χ3n) is 4.98. The molecule has 0 aliphatic heterocycles. The molecule has 0 saturated heterocycles. The van der Waals surface area contributed by atoms with Crippen LogP contribution in [0.5, 0.6) is 0 Å². The first-order chi connectivity index (χ1) is 13.7. The molecular formula is C25H36N2O2. The van der Waals surface area contributed by atoms with Crippen LogP contribution >= 0.6 is 0 Å². The van der Waals surface area contributed by atoms with E-state index in [1.165, 1.54) is 11.1 Å². The molecule has 0 aliphatic rings. The van der Waals surface area contributed by atoms with Crippen molar-refractivity contribution in [2.75, 3.05) is 20.6 Å². The van der Waals surface area contributed by atoms with E-state index in [4.69, 9.17) is 4.74 Å². The van der Waals surface area contributed by atoms with Gasteiger partial charge >= 0.3 is 5.97 Å². The van der Waals surface area contributed by atoms with Crippen LogP contribution < -0.4 is 0 Å². The standard InChI is InChI=1S/C25H36N2O2/c1-20(2)27(18-21-13-9-7-10-14-21)23(22-15-11-8-12-16-22)17-25(3,4)29-24(28)19-26(5)6/h7-16,20,23H,17-19H2,1-6H3. The van der Waals surface area contributed by atoms with Gasteiger partial charge in [0.1, 0.15) is 5.60 Å². The molecule has 4 nitrogen and oxygen atoms in total. The minimum atomic E-state index is -0.572. The Labute approximate surface area is 176 Å². The Kier molecular flexibility index (Phi) is 8.42. The third kappa shape index (κ3) is 7.64. The van der Waals surface area contributed by atoms with Gasteiger partial charge in [0.25, 0.3) is 0 Å². The minimum absolute atomic E-state index is 0.138. The summed E-state index contributed by atoms with van der Waals surface area (Å²) in [5.41, 5.74) is 1.95. The summed E-state index contributed by atoms with van der Waals surface area (Å²) < 4.78 is 5.87. The van der Waals surface area contributed by atoms with E-state index in [1.54, 1.807) is 0 Å². The maximum absolute atomic E-state index is 12.3. The highest BCUT2D eigenvalue weighted by Crippen LogP contribution is 2.34. The molecule has 0 spiro atoms. The second-order valence-corrected chi connectivity index (χ2v) is 8.85. The molecule has 2 rings (SSSR count). The normalized spacial score (nSPS) is 13.1. The second kappa shape index (κ2) is 10.6. The van der Waals surface area contributed by atoms with E-state index in [-0.39, 0.29) is 18.6 Å². The molecule has 0 fully saturated rings. The first-order valence-electron chi connectivity index (χ1n) is 10.4. The van der Waals surface area contributed by atoms with Gasteiger partial charge in [0.2, 0.25) is 0 Å². The average molecular weight is 397 g/mol. The van der Waals surface area contributed by atoms with Crippen molar-refractivity contribution in [1.82, 2.24) is 9.80 Å². The first kappa shape index (κ1) is 23.1. The molecule has 1 unspecified atom stereocenters. The lowest BCUT2D eigenvalue weighted by molar-refractivity contribution is -0.159. The number of esters is 1. The smallest absolute Gasteiger partial charge is 0.320 e. The number of carbonyl (C=O) groups excluding carboxylic acids is 1. The Balaban J connectivity index is 2.29. The van der Waals surface area contributed by atoms with Crippen LogP contribution in [0.15, 0.2) is 60.7 Å². The van der Waals surface area contributed by atoms with Gasteiger partial charge in [0.05, 0.1) is 6.54 Å². The number of benzene rings is 2. The quantitative estimate of drug-likeness (QED) is 0.534. The Morgan fingerprint density at radius 2 is 1.52 bits per heavy atom. The number of carbonyl (C=O) groups is 1. The molecule has 1 atom stereocenters. The predicted octanol–water partition coefficient (Wildman–Crippen LogP) is 4.91. The van der Waals surface area contributed by atoms with Crippen LogP contribution in [0.1, 0.15) is 51.3 Å². The molecule has 0 amide bonds. The van der Waals surface area contributed by atoms with E-state index in [1.807, 2.05) is 45.0 Å². The van der Waals surface area contributed by atoms with Gasteiger partial charge in [-0.05, 0) is 52.9 Å². The van der Waals surface area contributed by atoms with Crippen LogP contribution in [0.3, 0.4) is 0 Å².